The Kier molecular flexibility index (Phi) is 5.99. The second-order valence-corrected chi connectivity index (χ2v) is 9.61. The molecular weight excluding hydrogens is 492 g/mol. The quantitative estimate of drug-likeness (QED) is 0.489. The number of anilines is 4. The summed E-state index contributed by atoms with van der Waals surface area (Å²) in [4.78, 5) is 13.1. The van der Waals surface area contributed by atoms with Crippen molar-refractivity contribution >= 4 is 40.4 Å². The molecule has 10 nitrogen and oxygen atoms in total. The van der Waals surface area contributed by atoms with Crippen molar-refractivity contribution < 1.29 is 13.5 Å². The molecule has 2 aromatic heterocycles. The molecule has 0 bridgehead atoms. The first-order chi connectivity index (χ1) is 17.5. The van der Waals surface area contributed by atoms with Crippen LogP contribution in [0, 0.1) is 11.3 Å². The zero-order valence-corrected chi connectivity index (χ0v) is 20.0. The summed E-state index contributed by atoms with van der Waals surface area (Å²) in [6, 6.07) is 5.43. The van der Waals surface area contributed by atoms with Crippen LogP contribution in [0.15, 0.2) is 18.3 Å². The first-order valence-corrected chi connectivity index (χ1v) is 12.3. The van der Waals surface area contributed by atoms with Gasteiger partial charge < -0.3 is 20.3 Å². The normalized spacial score (nSPS) is 18.9. The molecule has 188 valence electrons. The minimum Gasteiger partial charge on any atom is -0.379 e. The highest BCUT2D eigenvalue weighted by Gasteiger charge is 2.34. The summed E-state index contributed by atoms with van der Waals surface area (Å²) < 4.78 is 34.5. The van der Waals surface area contributed by atoms with Gasteiger partial charge in [0.05, 0.1) is 35.8 Å². The predicted octanol–water partition coefficient (Wildman–Crippen LogP) is 3.43. The summed E-state index contributed by atoms with van der Waals surface area (Å²) in [6.45, 7) is 4.55. The molecular formula is C23H24ClF2N9O. The van der Waals surface area contributed by atoms with Gasteiger partial charge in [-0.25, -0.2) is 13.8 Å². The van der Waals surface area contributed by atoms with Crippen LogP contribution >= 0.6 is 11.6 Å². The Balaban J connectivity index is 1.31. The molecule has 1 aliphatic carbocycles. The van der Waals surface area contributed by atoms with Gasteiger partial charge in [0.25, 0.3) is 6.43 Å². The van der Waals surface area contributed by atoms with Crippen LogP contribution in [-0.2, 0) is 4.74 Å². The Morgan fingerprint density at radius 3 is 2.67 bits per heavy atom. The molecule has 3 aliphatic rings. The van der Waals surface area contributed by atoms with Crippen molar-refractivity contribution in [1.29, 1.82) is 5.26 Å². The molecule has 1 saturated carbocycles. The fraction of sp³-hybridized carbons (Fsp3) is 0.478. The number of imidazole rings is 1. The van der Waals surface area contributed by atoms with Gasteiger partial charge in [0.1, 0.15) is 6.07 Å². The number of nitrogens with zero attached hydrogens (tertiary/aromatic N) is 7. The van der Waals surface area contributed by atoms with E-state index in [2.05, 4.69) is 36.7 Å². The van der Waals surface area contributed by atoms with Crippen LogP contribution in [-0.4, -0.2) is 76.0 Å². The Morgan fingerprint density at radius 2 is 1.97 bits per heavy atom. The second-order valence-electron chi connectivity index (χ2n) is 9.23. The van der Waals surface area contributed by atoms with Gasteiger partial charge in [-0.15, -0.1) is 5.10 Å². The fourth-order valence-electron chi connectivity index (χ4n) is 4.55. The third-order valence-electron chi connectivity index (χ3n) is 6.73. The van der Waals surface area contributed by atoms with Gasteiger partial charge in [-0.05, 0) is 25.0 Å². The van der Waals surface area contributed by atoms with Crippen LogP contribution in [0.1, 0.15) is 30.5 Å². The lowest BCUT2D eigenvalue weighted by Crippen LogP contribution is -2.61. The number of fused-ring (bicyclic) bond motifs is 1. The zero-order chi connectivity index (χ0) is 24.8. The number of aromatic nitrogens is 4. The maximum Gasteiger partial charge on any atom is 0.264 e. The summed E-state index contributed by atoms with van der Waals surface area (Å²) in [5.41, 5.74) is 1.32. The van der Waals surface area contributed by atoms with E-state index in [0.29, 0.717) is 54.5 Å². The maximum absolute atomic E-state index is 13.8. The lowest BCUT2D eigenvalue weighted by atomic mass is 10.0. The zero-order valence-electron chi connectivity index (χ0n) is 19.3. The molecule has 0 spiro atoms. The molecule has 6 rings (SSSR count). The largest absolute Gasteiger partial charge is 0.379 e. The van der Waals surface area contributed by atoms with Gasteiger partial charge >= 0.3 is 0 Å². The van der Waals surface area contributed by atoms with Gasteiger partial charge in [0.2, 0.25) is 5.95 Å². The third kappa shape index (κ3) is 4.38. The summed E-state index contributed by atoms with van der Waals surface area (Å²) in [6.07, 6.45) is 0.769. The molecule has 1 aromatic carbocycles. The van der Waals surface area contributed by atoms with E-state index in [-0.39, 0.29) is 28.9 Å². The fourth-order valence-corrected chi connectivity index (χ4v) is 4.83. The van der Waals surface area contributed by atoms with E-state index in [0.717, 1.165) is 25.9 Å². The number of morpholine rings is 1. The highest BCUT2D eigenvalue weighted by Crippen LogP contribution is 2.40. The molecule has 2 aliphatic heterocycles. The topological polar surface area (TPSA) is 107 Å². The predicted molar refractivity (Wildman–Crippen MR) is 130 cm³/mol. The number of rotatable bonds is 7. The van der Waals surface area contributed by atoms with E-state index in [9.17, 15) is 14.0 Å². The van der Waals surface area contributed by atoms with Crippen molar-refractivity contribution in [2.24, 2.45) is 0 Å². The number of ether oxygens (including phenoxy) is 1. The number of nitrogens with one attached hydrogen (secondary N) is 2. The van der Waals surface area contributed by atoms with Crippen LogP contribution in [0.25, 0.3) is 5.65 Å². The van der Waals surface area contributed by atoms with E-state index >= 15 is 0 Å². The van der Waals surface area contributed by atoms with Crippen molar-refractivity contribution in [3.63, 3.8) is 0 Å². The smallest absolute Gasteiger partial charge is 0.264 e. The highest BCUT2D eigenvalue weighted by atomic mass is 35.5. The Morgan fingerprint density at radius 1 is 1.19 bits per heavy atom. The van der Waals surface area contributed by atoms with Crippen molar-refractivity contribution in [2.45, 2.75) is 31.4 Å². The van der Waals surface area contributed by atoms with Crippen LogP contribution in [0.3, 0.4) is 0 Å². The van der Waals surface area contributed by atoms with Gasteiger partial charge in [0, 0.05) is 43.8 Å². The second kappa shape index (κ2) is 9.31. The number of benzene rings is 1. The van der Waals surface area contributed by atoms with Gasteiger partial charge in [-0.2, -0.15) is 14.8 Å². The molecule has 3 fully saturated rings. The highest BCUT2D eigenvalue weighted by molar-refractivity contribution is 6.36. The molecule has 0 amide bonds. The summed E-state index contributed by atoms with van der Waals surface area (Å²) >= 11 is 6.74. The molecule has 3 aromatic rings. The van der Waals surface area contributed by atoms with Crippen LogP contribution in [0.2, 0.25) is 5.02 Å². The number of hydrogen-bond acceptors (Lipinski definition) is 9. The third-order valence-corrected chi connectivity index (χ3v) is 7.13. The Hall–Kier alpha value is -3.27. The molecule has 13 heteroatoms. The number of alkyl halides is 2. The van der Waals surface area contributed by atoms with E-state index in [1.54, 1.807) is 0 Å². The average Bonchev–Trinajstić information content (AvgIpc) is 3.56. The number of halogens is 3. The van der Waals surface area contributed by atoms with Crippen molar-refractivity contribution in [3.8, 4) is 6.07 Å². The minimum absolute atomic E-state index is 0.120. The molecule has 2 saturated heterocycles. The molecule has 36 heavy (non-hydrogen) atoms. The number of hydrogen-bond donors (Lipinski definition) is 2. The SMILES string of the molecule is N#Cc1cnc2c(NC3CC3)nc(Nc3cc(C(F)F)cc(N4CC(N5CCOCC5)C4)c3Cl)nn12. The summed E-state index contributed by atoms with van der Waals surface area (Å²) in [5.74, 6) is 0.586. The van der Waals surface area contributed by atoms with E-state index in [4.69, 9.17) is 16.3 Å². The first kappa shape index (κ1) is 23.1. The first-order valence-electron chi connectivity index (χ1n) is 11.9. The van der Waals surface area contributed by atoms with Crippen LogP contribution in [0.5, 0.6) is 0 Å². The standard InChI is InChI=1S/C23H24ClF2N9O/c24-19-17(30-23-31-21(29-14-1-2-14)22-28-10-15(9-27)35(22)32-23)7-13(20(25)26)8-18(19)34-11-16(12-34)33-3-5-36-6-4-33/h7-8,10,14,16,20H,1-6,11-12H2,(H2,29,30,31,32). The monoisotopic (exact) mass is 515 g/mol. The summed E-state index contributed by atoms with van der Waals surface area (Å²) in [5, 5.41) is 20.4. The Labute approximate surface area is 210 Å². The van der Waals surface area contributed by atoms with Crippen molar-refractivity contribution in [1.82, 2.24) is 24.5 Å². The summed E-state index contributed by atoms with van der Waals surface area (Å²) in [7, 11) is 0. The van der Waals surface area contributed by atoms with Gasteiger partial charge in [0.15, 0.2) is 17.2 Å². The van der Waals surface area contributed by atoms with Crippen molar-refractivity contribution in [2.75, 3.05) is 54.9 Å². The van der Waals surface area contributed by atoms with Crippen LogP contribution < -0.4 is 15.5 Å². The Bertz CT molecular complexity index is 1330. The van der Waals surface area contributed by atoms with Crippen LogP contribution in [0.4, 0.5) is 31.9 Å². The van der Waals surface area contributed by atoms with E-state index < -0.39 is 6.43 Å². The van der Waals surface area contributed by atoms with E-state index in [1.165, 1.54) is 22.8 Å². The lowest BCUT2D eigenvalue weighted by molar-refractivity contribution is 0.0105. The van der Waals surface area contributed by atoms with Crippen molar-refractivity contribution in [3.05, 3.63) is 34.6 Å². The lowest BCUT2D eigenvalue weighted by Gasteiger charge is -2.48. The maximum atomic E-state index is 13.8. The molecule has 0 atom stereocenters. The average molecular weight is 516 g/mol. The minimum atomic E-state index is -2.67. The van der Waals surface area contributed by atoms with E-state index in [1.807, 2.05) is 4.90 Å². The van der Waals surface area contributed by atoms with Gasteiger partial charge in [-0.3, -0.25) is 4.90 Å². The van der Waals surface area contributed by atoms with Gasteiger partial charge in [-0.1, -0.05) is 11.6 Å². The molecule has 0 radical (unpaired) electrons. The molecule has 0 unspecified atom stereocenters. The molecule has 2 N–H and O–H groups in total. The molecule has 4 heterocycles. The number of nitriles is 1.